The number of aromatic nitrogens is 1. The van der Waals surface area contributed by atoms with E-state index in [-0.39, 0.29) is 42.4 Å². The summed E-state index contributed by atoms with van der Waals surface area (Å²) in [6, 6.07) is 3.39. The van der Waals surface area contributed by atoms with Crippen LogP contribution in [0.25, 0.3) is 0 Å². The van der Waals surface area contributed by atoms with Crippen LogP contribution in [0.5, 0.6) is 5.88 Å². The lowest BCUT2D eigenvalue weighted by atomic mass is 10.3. The van der Waals surface area contributed by atoms with Gasteiger partial charge in [-0.05, 0) is 19.4 Å². The minimum Gasteiger partial charge on any atom is -0.471 e. The van der Waals surface area contributed by atoms with Crippen molar-refractivity contribution in [2.45, 2.75) is 26.3 Å². The fourth-order valence-electron chi connectivity index (χ4n) is 1.58. The van der Waals surface area contributed by atoms with Gasteiger partial charge >= 0.3 is 0 Å². The lowest BCUT2D eigenvalue weighted by Crippen LogP contribution is -2.32. The third-order valence-electron chi connectivity index (χ3n) is 2.59. The second-order valence-electron chi connectivity index (χ2n) is 4.35. The molecular weight excluding hydrogens is 421 g/mol. The van der Waals surface area contributed by atoms with Gasteiger partial charge in [-0.1, -0.05) is 6.07 Å². The first-order chi connectivity index (χ1) is 10.6. The summed E-state index contributed by atoms with van der Waals surface area (Å²) >= 11 is 0. The summed E-state index contributed by atoms with van der Waals surface area (Å²) in [4.78, 5) is 8.06. The molecule has 0 saturated heterocycles. The third kappa shape index (κ3) is 10.2. The quantitative estimate of drug-likeness (QED) is 0.250. The van der Waals surface area contributed by atoms with Crippen molar-refractivity contribution >= 4 is 29.9 Å². The number of aliphatic imine (C=N–C) groups is 1. The maximum absolute atomic E-state index is 12.2. The minimum absolute atomic E-state index is 0. The summed E-state index contributed by atoms with van der Waals surface area (Å²) in [5.41, 5.74) is 6.32. The van der Waals surface area contributed by atoms with Gasteiger partial charge in [0.2, 0.25) is 5.88 Å². The van der Waals surface area contributed by atoms with E-state index in [1.54, 1.807) is 12.1 Å². The highest BCUT2D eigenvalue weighted by molar-refractivity contribution is 14.0. The van der Waals surface area contributed by atoms with Gasteiger partial charge in [-0.2, -0.15) is 0 Å². The van der Waals surface area contributed by atoms with Crippen LogP contribution in [0.4, 0.5) is 8.78 Å². The van der Waals surface area contributed by atoms with Gasteiger partial charge in [0.25, 0.3) is 6.43 Å². The number of guanidine groups is 1. The molecule has 0 aromatic carbocycles. The van der Waals surface area contributed by atoms with Crippen molar-refractivity contribution in [1.29, 1.82) is 0 Å². The van der Waals surface area contributed by atoms with E-state index in [0.29, 0.717) is 25.3 Å². The SMILES string of the molecule is CCOCCCNC(N)=NCc1cccnc1OCC(F)F.I. The molecule has 0 atom stereocenters. The molecule has 0 aliphatic heterocycles. The molecule has 0 spiro atoms. The van der Waals surface area contributed by atoms with E-state index in [1.165, 1.54) is 6.20 Å². The van der Waals surface area contributed by atoms with E-state index in [4.69, 9.17) is 15.2 Å². The summed E-state index contributed by atoms with van der Waals surface area (Å²) in [6.45, 7) is 3.44. The third-order valence-corrected chi connectivity index (χ3v) is 2.59. The Hall–Kier alpha value is -1.23. The first kappa shape index (κ1) is 21.8. The highest BCUT2D eigenvalue weighted by Crippen LogP contribution is 2.16. The molecule has 0 aliphatic rings. The van der Waals surface area contributed by atoms with Crippen LogP contribution in [-0.2, 0) is 11.3 Å². The molecular formula is C14H23F2IN4O2. The van der Waals surface area contributed by atoms with Crippen LogP contribution in [0.1, 0.15) is 18.9 Å². The number of ether oxygens (including phenoxy) is 2. The van der Waals surface area contributed by atoms with E-state index in [9.17, 15) is 8.78 Å². The van der Waals surface area contributed by atoms with Gasteiger partial charge < -0.3 is 20.5 Å². The second kappa shape index (κ2) is 13.2. The summed E-state index contributed by atoms with van der Waals surface area (Å²) in [6.07, 6.45) is -0.251. The largest absolute Gasteiger partial charge is 0.471 e. The molecule has 1 rings (SSSR count). The topological polar surface area (TPSA) is 81.8 Å². The molecule has 0 radical (unpaired) electrons. The van der Waals surface area contributed by atoms with E-state index in [1.807, 2.05) is 6.92 Å². The van der Waals surface area contributed by atoms with Gasteiger partial charge in [0.05, 0.1) is 6.54 Å². The van der Waals surface area contributed by atoms with Crippen LogP contribution in [0, 0.1) is 0 Å². The lowest BCUT2D eigenvalue weighted by Gasteiger charge is -2.09. The molecule has 0 unspecified atom stereocenters. The Labute approximate surface area is 151 Å². The Balaban J connectivity index is 0.00000484. The number of nitrogens with two attached hydrogens (primary N) is 1. The molecule has 0 fully saturated rings. The number of hydrogen-bond acceptors (Lipinski definition) is 4. The fraction of sp³-hybridized carbons (Fsp3) is 0.571. The number of nitrogens with zero attached hydrogens (tertiary/aromatic N) is 2. The number of hydrogen-bond donors (Lipinski definition) is 2. The second-order valence-corrected chi connectivity index (χ2v) is 4.35. The highest BCUT2D eigenvalue weighted by Gasteiger charge is 2.08. The molecule has 0 saturated carbocycles. The Morgan fingerprint density at radius 1 is 1.48 bits per heavy atom. The van der Waals surface area contributed by atoms with Crippen LogP contribution in [0.3, 0.4) is 0 Å². The zero-order chi connectivity index (χ0) is 16.2. The maximum atomic E-state index is 12.2. The van der Waals surface area contributed by atoms with Crippen molar-refractivity contribution in [1.82, 2.24) is 10.3 Å². The molecule has 1 aromatic rings. The van der Waals surface area contributed by atoms with Gasteiger partial charge in [0, 0.05) is 31.5 Å². The Morgan fingerprint density at radius 3 is 2.96 bits per heavy atom. The van der Waals surface area contributed by atoms with Crippen LogP contribution >= 0.6 is 24.0 Å². The predicted octanol–water partition coefficient (Wildman–Crippen LogP) is 2.17. The summed E-state index contributed by atoms with van der Waals surface area (Å²) in [7, 11) is 0. The van der Waals surface area contributed by atoms with Crippen molar-refractivity contribution in [3.63, 3.8) is 0 Å². The smallest absolute Gasteiger partial charge is 0.272 e. The predicted molar refractivity (Wildman–Crippen MR) is 95.6 cm³/mol. The Kier molecular flexibility index (Phi) is 12.5. The van der Waals surface area contributed by atoms with Crippen LogP contribution in [0.2, 0.25) is 0 Å². The van der Waals surface area contributed by atoms with Crippen molar-refractivity contribution in [2.24, 2.45) is 10.7 Å². The summed E-state index contributed by atoms with van der Waals surface area (Å²) in [5.74, 6) is 0.427. The standard InChI is InChI=1S/C14H22F2N4O2.HI/c1-2-21-8-4-7-19-14(17)20-9-11-5-3-6-18-13(11)22-10-12(15)16;/h3,5-6,12H,2,4,7-10H2,1H3,(H3,17,19,20);1H. The van der Waals surface area contributed by atoms with Crippen molar-refractivity contribution in [2.75, 3.05) is 26.4 Å². The molecule has 1 aromatic heterocycles. The fourth-order valence-corrected chi connectivity index (χ4v) is 1.58. The minimum atomic E-state index is -2.55. The Morgan fingerprint density at radius 2 is 2.26 bits per heavy atom. The van der Waals surface area contributed by atoms with Crippen LogP contribution in [-0.4, -0.2) is 43.7 Å². The molecule has 0 amide bonds. The molecule has 1 heterocycles. The van der Waals surface area contributed by atoms with Gasteiger partial charge in [0.1, 0.15) is 0 Å². The molecule has 0 aliphatic carbocycles. The zero-order valence-electron chi connectivity index (χ0n) is 13.0. The van der Waals surface area contributed by atoms with E-state index >= 15 is 0 Å². The van der Waals surface area contributed by atoms with Crippen LogP contribution < -0.4 is 15.8 Å². The first-order valence-corrected chi connectivity index (χ1v) is 7.09. The lowest BCUT2D eigenvalue weighted by molar-refractivity contribution is 0.0791. The molecule has 9 heteroatoms. The van der Waals surface area contributed by atoms with Crippen molar-refractivity contribution in [3.8, 4) is 5.88 Å². The van der Waals surface area contributed by atoms with Crippen molar-refractivity contribution in [3.05, 3.63) is 23.9 Å². The van der Waals surface area contributed by atoms with Gasteiger partial charge in [-0.25, -0.2) is 18.8 Å². The monoisotopic (exact) mass is 444 g/mol. The average molecular weight is 444 g/mol. The van der Waals surface area contributed by atoms with E-state index in [0.717, 1.165) is 6.42 Å². The Bertz CT molecular complexity index is 464. The van der Waals surface area contributed by atoms with Gasteiger partial charge in [-0.15, -0.1) is 24.0 Å². The van der Waals surface area contributed by atoms with Crippen LogP contribution in [0.15, 0.2) is 23.3 Å². The van der Waals surface area contributed by atoms with Gasteiger partial charge in [-0.3, -0.25) is 0 Å². The number of rotatable bonds is 10. The molecule has 0 bridgehead atoms. The molecule has 6 nitrogen and oxygen atoms in total. The summed E-state index contributed by atoms with van der Waals surface area (Å²) < 4.78 is 34.5. The van der Waals surface area contributed by atoms with E-state index < -0.39 is 13.0 Å². The zero-order valence-corrected chi connectivity index (χ0v) is 15.3. The molecule has 23 heavy (non-hydrogen) atoms. The highest BCUT2D eigenvalue weighted by atomic mass is 127. The normalized spacial score (nSPS) is 11.2. The maximum Gasteiger partial charge on any atom is 0.272 e. The van der Waals surface area contributed by atoms with E-state index in [2.05, 4.69) is 15.3 Å². The molecule has 3 N–H and O–H groups in total. The van der Waals surface area contributed by atoms with Gasteiger partial charge in [0.15, 0.2) is 12.6 Å². The summed E-state index contributed by atoms with van der Waals surface area (Å²) in [5, 5.41) is 2.95. The first-order valence-electron chi connectivity index (χ1n) is 7.09. The number of nitrogens with one attached hydrogen (secondary N) is 1. The average Bonchev–Trinajstić information content (AvgIpc) is 2.51. The number of halogens is 3. The van der Waals surface area contributed by atoms with Crippen molar-refractivity contribution < 1.29 is 18.3 Å². The number of pyridine rings is 1. The number of alkyl halides is 2. The molecule has 132 valence electrons.